The number of ether oxygens (including phenoxy) is 3. The van der Waals surface area contributed by atoms with Gasteiger partial charge in [0.15, 0.2) is 18.0 Å². The van der Waals surface area contributed by atoms with Gasteiger partial charge in [-0.1, -0.05) is 29.8 Å². The van der Waals surface area contributed by atoms with E-state index < -0.39 is 56.6 Å². The number of carbonyl (C=O) groups excluding carboxylic acids is 1. The standard InChI is InChI=1S/C24H32N7O9P/c1-5-37-22(34)16(10-13(2)3)28-41(36)40-15-7-6-14(4)17(11-15)38-12-24(29-30-26)20(33)19(32)21(39-24)31-9-8-18(25)27-23(31)35/h6-9,11,13,16,19-21,32-33H,5,10,12H2,1-4H3,(H2,25,27,35)/t16-,19+,20-,21+,24+/m0/s1. The normalized spacial score (nSPS) is 23.1. The number of anilines is 1. The molecule has 1 aliphatic rings. The van der Waals surface area contributed by atoms with Gasteiger partial charge in [-0.2, -0.15) is 4.98 Å². The van der Waals surface area contributed by atoms with Crippen LogP contribution in [0.15, 0.2) is 45.1 Å². The van der Waals surface area contributed by atoms with E-state index >= 15 is 0 Å². The molecule has 3 rings (SSSR count). The quantitative estimate of drug-likeness (QED) is 0.105. The number of rotatable bonds is 12. The van der Waals surface area contributed by atoms with Gasteiger partial charge in [0.2, 0.25) is 5.72 Å². The number of esters is 1. The second-order valence-electron chi connectivity index (χ2n) is 9.58. The van der Waals surface area contributed by atoms with E-state index in [0.29, 0.717) is 12.0 Å². The smallest absolute Gasteiger partial charge is 0.395 e. The Balaban J connectivity index is 1.81. The molecule has 222 valence electrons. The van der Waals surface area contributed by atoms with Gasteiger partial charge in [0, 0.05) is 17.2 Å². The molecule has 16 nitrogen and oxygen atoms in total. The van der Waals surface area contributed by atoms with Crippen molar-refractivity contribution in [2.24, 2.45) is 15.8 Å². The van der Waals surface area contributed by atoms with Gasteiger partial charge < -0.3 is 35.1 Å². The summed E-state index contributed by atoms with van der Waals surface area (Å²) in [5.41, 5.74) is 12.2. The Bertz CT molecular complexity index is 1380. The van der Waals surface area contributed by atoms with E-state index in [0.717, 1.165) is 4.57 Å². The third-order valence-electron chi connectivity index (χ3n) is 6.01. The maximum Gasteiger partial charge on any atom is 0.395 e. The molecule has 1 aromatic heterocycles. The van der Waals surface area contributed by atoms with Gasteiger partial charge >= 0.3 is 19.8 Å². The maximum atomic E-state index is 12.6. The number of aryl methyl sites for hydroxylation is 1. The minimum Gasteiger partial charge on any atom is -0.575 e. The lowest BCUT2D eigenvalue weighted by molar-refractivity contribution is -0.169. The second kappa shape index (κ2) is 13.7. The van der Waals surface area contributed by atoms with Crippen molar-refractivity contribution in [2.75, 3.05) is 18.9 Å². The summed E-state index contributed by atoms with van der Waals surface area (Å²) in [6.07, 6.45) is -3.45. The summed E-state index contributed by atoms with van der Waals surface area (Å²) in [5, 5.41) is 24.9. The Morgan fingerprint density at radius 1 is 1.39 bits per heavy atom. The molecule has 1 unspecified atom stereocenters. The predicted molar refractivity (Wildman–Crippen MR) is 143 cm³/mol. The summed E-state index contributed by atoms with van der Waals surface area (Å²) in [5.74, 6) is -0.321. The van der Waals surface area contributed by atoms with Crippen LogP contribution < -0.4 is 25.6 Å². The van der Waals surface area contributed by atoms with Crippen LogP contribution >= 0.6 is 8.17 Å². The van der Waals surface area contributed by atoms with E-state index in [1.807, 2.05) is 13.8 Å². The Labute approximate surface area is 235 Å². The van der Waals surface area contributed by atoms with Crippen molar-refractivity contribution in [3.8, 4) is 11.5 Å². The Morgan fingerprint density at radius 2 is 2.12 bits per heavy atom. The molecule has 41 heavy (non-hydrogen) atoms. The lowest BCUT2D eigenvalue weighted by Crippen LogP contribution is -2.46. The SMILES string of the molecule is CCOC(=O)[C@H](CC(C)C)N=[P+]([O-])Oc1ccc(C)c(OC[C@@]2(N=[N+]=[N-])O[C@@H](n3ccc(N)nc3=O)[C@H](O)[C@@H]2O)c1. The van der Waals surface area contributed by atoms with Gasteiger partial charge in [0.1, 0.15) is 30.4 Å². The highest BCUT2D eigenvalue weighted by Crippen LogP contribution is 2.39. The summed E-state index contributed by atoms with van der Waals surface area (Å²) >= 11 is 0. The van der Waals surface area contributed by atoms with Crippen LogP contribution in [0.5, 0.6) is 11.5 Å². The fraction of sp³-hybridized carbons (Fsp3) is 0.542. The van der Waals surface area contributed by atoms with Crippen molar-refractivity contribution in [1.82, 2.24) is 9.55 Å². The number of hydrogen-bond acceptors (Lipinski definition) is 13. The van der Waals surface area contributed by atoms with Crippen LogP contribution in [0.3, 0.4) is 0 Å². The average molecular weight is 594 g/mol. The van der Waals surface area contributed by atoms with Crippen molar-refractivity contribution in [3.05, 3.63) is 57.0 Å². The number of azide groups is 1. The molecule has 0 saturated carbocycles. The highest BCUT2D eigenvalue weighted by molar-refractivity contribution is 7.34. The molecule has 2 aromatic rings. The number of nitrogen functional groups attached to an aromatic ring is 1. The summed E-state index contributed by atoms with van der Waals surface area (Å²) in [4.78, 5) is 43.4. The second-order valence-corrected chi connectivity index (χ2v) is 10.5. The molecule has 1 saturated heterocycles. The van der Waals surface area contributed by atoms with Crippen molar-refractivity contribution in [1.29, 1.82) is 0 Å². The predicted octanol–water partition coefficient (Wildman–Crippen LogP) is 1.68. The summed E-state index contributed by atoms with van der Waals surface area (Å²) in [6, 6.07) is 4.81. The van der Waals surface area contributed by atoms with Crippen LogP contribution in [0, 0.1) is 12.8 Å². The summed E-state index contributed by atoms with van der Waals surface area (Å²) in [6.45, 7) is 6.68. The summed E-state index contributed by atoms with van der Waals surface area (Å²) in [7, 11) is -2.67. The molecule has 0 aliphatic carbocycles. The van der Waals surface area contributed by atoms with Gasteiger partial charge in [-0.3, -0.25) is 9.09 Å². The molecule has 17 heteroatoms. The summed E-state index contributed by atoms with van der Waals surface area (Å²) < 4.78 is 26.8. The van der Waals surface area contributed by atoms with Crippen LogP contribution in [-0.2, 0) is 14.3 Å². The van der Waals surface area contributed by atoms with E-state index in [4.69, 9.17) is 24.5 Å². The van der Waals surface area contributed by atoms with Crippen LogP contribution in [0.1, 0.15) is 39.0 Å². The van der Waals surface area contributed by atoms with E-state index in [9.17, 15) is 30.2 Å². The number of benzene rings is 1. The Morgan fingerprint density at radius 3 is 2.76 bits per heavy atom. The fourth-order valence-corrected chi connectivity index (χ4v) is 4.75. The minimum absolute atomic E-state index is 0.0626. The fourth-order valence-electron chi connectivity index (χ4n) is 4.00. The zero-order chi connectivity index (χ0) is 30.3. The average Bonchev–Trinajstić information content (AvgIpc) is 3.14. The molecule has 6 atom stereocenters. The first-order chi connectivity index (χ1) is 19.4. The van der Waals surface area contributed by atoms with Crippen LogP contribution in [-0.4, -0.2) is 62.9 Å². The molecule has 2 heterocycles. The van der Waals surface area contributed by atoms with Crippen LogP contribution in [0.4, 0.5) is 5.82 Å². The molecule has 1 fully saturated rings. The van der Waals surface area contributed by atoms with Crippen LogP contribution in [0.25, 0.3) is 10.4 Å². The van der Waals surface area contributed by atoms with Crippen LogP contribution in [0.2, 0.25) is 0 Å². The first-order valence-electron chi connectivity index (χ1n) is 12.6. The van der Waals surface area contributed by atoms with E-state index in [1.54, 1.807) is 19.9 Å². The Hall–Kier alpha value is -3.78. The zero-order valence-electron chi connectivity index (χ0n) is 22.9. The highest BCUT2D eigenvalue weighted by atomic mass is 31.1. The van der Waals surface area contributed by atoms with Crippen molar-refractivity contribution in [2.45, 2.75) is 64.3 Å². The van der Waals surface area contributed by atoms with E-state index in [2.05, 4.69) is 19.8 Å². The number of nitrogens with zero attached hydrogens (tertiary/aromatic N) is 6. The molecule has 4 N–H and O–H groups in total. The minimum atomic E-state index is -2.67. The molecule has 0 spiro atoms. The first kappa shape index (κ1) is 31.7. The third-order valence-corrected chi connectivity index (χ3v) is 6.84. The number of aliphatic hydroxyl groups is 2. The molecule has 0 radical (unpaired) electrons. The van der Waals surface area contributed by atoms with E-state index in [-0.39, 0.29) is 29.8 Å². The lowest BCUT2D eigenvalue weighted by Gasteiger charge is -2.27. The maximum absolute atomic E-state index is 12.6. The van der Waals surface area contributed by atoms with Crippen molar-refractivity contribution >= 4 is 20.0 Å². The van der Waals surface area contributed by atoms with E-state index in [1.165, 1.54) is 24.4 Å². The molecular weight excluding hydrogens is 561 g/mol. The number of aromatic nitrogens is 2. The molecular formula is C24H32N7O9P. The first-order valence-corrected chi connectivity index (χ1v) is 13.7. The number of aliphatic hydroxyl groups excluding tert-OH is 2. The van der Waals surface area contributed by atoms with Gasteiger partial charge in [0.05, 0.1) is 6.61 Å². The lowest BCUT2D eigenvalue weighted by atomic mass is 10.1. The molecule has 0 amide bonds. The number of hydrogen-bond donors (Lipinski definition) is 3. The Kier molecular flexibility index (Phi) is 10.6. The highest BCUT2D eigenvalue weighted by Gasteiger charge is 2.56. The number of carbonyl (C=O) groups is 1. The van der Waals surface area contributed by atoms with Gasteiger partial charge in [-0.15, -0.1) is 0 Å². The number of nitrogens with two attached hydrogens (primary N) is 1. The monoisotopic (exact) mass is 593 g/mol. The molecule has 0 bridgehead atoms. The third kappa shape index (κ3) is 7.70. The largest absolute Gasteiger partial charge is 0.575 e. The molecule has 1 aliphatic heterocycles. The van der Waals surface area contributed by atoms with Gasteiger partial charge in [0.25, 0.3) is 0 Å². The van der Waals surface area contributed by atoms with Gasteiger partial charge in [-0.25, -0.2) is 9.59 Å². The zero-order valence-corrected chi connectivity index (χ0v) is 23.7. The van der Waals surface area contributed by atoms with Crippen molar-refractivity contribution < 1.29 is 38.6 Å². The topological polar surface area (TPSA) is 240 Å². The molecule has 1 aromatic carbocycles. The van der Waals surface area contributed by atoms with Gasteiger partial charge in [-0.05, 0) is 49.4 Å². The van der Waals surface area contributed by atoms with Crippen molar-refractivity contribution in [3.63, 3.8) is 0 Å².